The van der Waals surface area contributed by atoms with E-state index in [-0.39, 0.29) is 12.5 Å². The minimum atomic E-state index is 0.154. The second kappa shape index (κ2) is 6.14. The molecule has 0 aromatic carbocycles. The van der Waals surface area contributed by atoms with Crippen LogP contribution in [-0.4, -0.2) is 60.1 Å². The summed E-state index contributed by atoms with van der Waals surface area (Å²) >= 11 is 1.50. The van der Waals surface area contributed by atoms with E-state index >= 15 is 0 Å². The number of rotatable bonds is 4. The average molecular weight is 254 g/mol. The van der Waals surface area contributed by atoms with Gasteiger partial charge >= 0.3 is 0 Å². The summed E-state index contributed by atoms with van der Waals surface area (Å²) in [6.45, 7) is 4.59. The fourth-order valence-corrected chi connectivity index (χ4v) is 2.72. The van der Waals surface area contributed by atoms with Gasteiger partial charge < -0.3 is 10.0 Å². The van der Waals surface area contributed by atoms with Gasteiger partial charge in [0.1, 0.15) is 0 Å². The van der Waals surface area contributed by atoms with Crippen LogP contribution >= 0.6 is 11.3 Å². The smallest absolute Gasteiger partial charge is 0.264 e. The molecule has 17 heavy (non-hydrogen) atoms. The Morgan fingerprint density at radius 2 is 2.12 bits per heavy atom. The van der Waals surface area contributed by atoms with Crippen LogP contribution in [0.15, 0.2) is 17.5 Å². The van der Waals surface area contributed by atoms with Crippen molar-refractivity contribution >= 4 is 17.2 Å². The van der Waals surface area contributed by atoms with Gasteiger partial charge in [-0.1, -0.05) is 6.07 Å². The summed E-state index contributed by atoms with van der Waals surface area (Å²) in [6.07, 6.45) is 0.818. The lowest BCUT2D eigenvalue weighted by Crippen LogP contribution is -2.48. The molecule has 2 heterocycles. The third kappa shape index (κ3) is 3.28. The fraction of sp³-hybridized carbons (Fsp3) is 0.583. The lowest BCUT2D eigenvalue weighted by Gasteiger charge is -2.34. The van der Waals surface area contributed by atoms with Gasteiger partial charge in [-0.3, -0.25) is 9.69 Å². The van der Waals surface area contributed by atoms with Crippen LogP contribution in [0.2, 0.25) is 0 Å². The van der Waals surface area contributed by atoms with Crippen LogP contribution in [0.25, 0.3) is 0 Å². The first-order valence-electron chi connectivity index (χ1n) is 5.97. The van der Waals surface area contributed by atoms with E-state index < -0.39 is 0 Å². The predicted molar refractivity (Wildman–Crippen MR) is 68.4 cm³/mol. The van der Waals surface area contributed by atoms with Gasteiger partial charge in [0.25, 0.3) is 5.91 Å². The van der Waals surface area contributed by atoms with E-state index in [2.05, 4.69) is 4.90 Å². The molecule has 0 saturated carbocycles. The third-order valence-corrected chi connectivity index (χ3v) is 3.88. The fourth-order valence-electron chi connectivity index (χ4n) is 2.02. The average Bonchev–Trinajstić information content (AvgIpc) is 2.90. The number of nitrogens with zero attached hydrogens (tertiary/aromatic N) is 2. The molecule has 0 unspecified atom stereocenters. The van der Waals surface area contributed by atoms with Crippen LogP contribution in [0.1, 0.15) is 16.1 Å². The topological polar surface area (TPSA) is 43.8 Å². The van der Waals surface area contributed by atoms with E-state index in [1.807, 2.05) is 22.4 Å². The number of carbonyl (C=O) groups excluding carboxylic acids is 1. The Morgan fingerprint density at radius 3 is 2.71 bits per heavy atom. The zero-order valence-corrected chi connectivity index (χ0v) is 10.7. The standard InChI is InChI=1S/C12H18N2O2S/c15-9-2-4-13-5-7-14(8-6-13)12(16)11-3-1-10-17-11/h1,3,10,15H,2,4-9H2. The van der Waals surface area contributed by atoms with Crippen molar-refractivity contribution < 1.29 is 9.90 Å². The van der Waals surface area contributed by atoms with Crippen LogP contribution in [0.4, 0.5) is 0 Å². The van der Waals surface area contributed by atoms with Crippen LogP contribution in [0.5, 0.6) is 0 Å². The Balaban J connectivity index is 1.81. The van der Waals surface area contributed by atoms with Crippen molar-refractivity contribution in [3.8, 4) is 0 Å². The summed E-state index contributed by atoms with van der Waals surface area (Å²) in [4.78, 5) is 17.1. The highest BCUT2D eigenvalue weighted by Gasteiger charge is 2.22. The van der Waals surface area contributed by atoms with Crippen LogP contribution in [0.3, 0.4) is 0 Å². The van der Waals surface area contributed by atoms with E-state index in [4.69, 9.17) is 5.11 Å². The number of hydrogen-bond acceptors (Lipinski definition) is 4. The molecule has 1 amide bonds. The Hall–Kier alpha value is -0.910. The highest BCUT2D eigenvalue weighted by molar-refractivity contribution is 7.12. The van der Waals surface area contributed by atoms with Gasteiger partial charge in [-0.05, 0) is 17.9 Å². The van der Waals surface area contributed by atoms with Crippen molar-refractivity contribution in [2.75, 3.05) is 39.3 Å². The molecule has 1 aliphatic rings. The van der Waals surface area contributed by atoms with Crippen molar-refractivity contribution in [1.82, 2.24) is 9.80 Å². The van der Waals surface area contributed by atoms with E-state index in [9.17, 15) is 4.79 Å². The minimum Gasteiger partial charge on any atom is -0.396 e. The number of amides is 1. The molecule has 0 aliphatic carbocycles. The minimum absolute atomic E-state index is 0.154. The quantitative estimate of drug-likeness (QED) is 0.868. The molecule has 1 fully saturated rings. The van der Waals surface area contributed by atoms with Crippen LogP contribution < -0.4 is 0 Å². The molecule has 1 aromatic heterocycles. The van der Waals surface area contributed by atoms with Crippen molar-refractivity contribution in [2.24, 2.45) is 0 Å². The molecule has 1 saturated heterocycles. The van der Waals surface area contributed by atoms with Crippen molar-refractivity contribution in [3.05, 3.63) is 22.4 Å². The maximum absolute atomic E-state index is 12.1. The molecule has 94 valence electrons. The van der Waals surface area contributed by atoms with Gasteiger partial charge in [0.2, 0.25) is 0 Å². The van der Waals surface area contributed by atoms with Crippen molar-refractivity contribution in [3.63, 3.8) is 0 Å². The summed E-state index contributed by atoms with van der Waals surface area (Å²) in [5.74, 6) is 0.154. The zero-order valence-electron chi connectivity index (χ0n) is 9.84. The van der Waals surface area contributed by atoms with Gasteiger partial charge in [0, 0.05) is 39.3 Å². The maximum Gasteiger partial charge on any atom is 0.264 e. The van der Waals surface area contributed by atoms with Crippen LogP contribution in [0, 0.1) is 0 Å². The number of aliphatic hydroxyl groups excluding tert-OH is 1. The number of carbonyl (C=O) groups is 1. The molecule has 1 aliphatic heterocycles. The first kappa shape index (κ1) is 12.5. The third-order valence-electron chi connectivity index (χ3n) is 3.02. The molecule has 0 bridgehead atoms. The molecule has 2 rings (SSSR count). The first-order chi connectivity index (χ1) is 8.31. The van der Waals surface area contributed by atoms with Gasteiger partial charge in [-0.15, -0.1) is 11.3 Å². The Labute approximate surface area is 105 Å². The monoisotopic (exact) mass is 254 g/mol. The largest absolute Gasteiger partial charge is 0.396 e. The SMILES string of the molecule is O=C(c1cccs1)N1CCN(CCCO)CC1. The number of aliphatic hydroxyl groups is 1. The van der Waals surface area contributed by atoms with Crippen LogP contribution in [-0.2, 0) is 0 Å². The molecule has 1 aromatic rings. The molecule has 1 N–H and O–H groups in total. The lowest BCUT2D eigenvalue weighted by atomic mass is 10.2. The second-order valence-electron chi connectivity index (χ2n) is 4.19. The van der Waals surface area contributed by atoms with E-state index in [0.29, 0.717) is 0 Å². The van der Waals surface area contributed by atoms with E-state index in [0.717, 1.165) is 44.0 Å². The van der Waals surface area contributed by atoms with E-state index in [1.54, 1.807) is 0 Å². The molecule has 4 nitrogen and oxygen atoms in total. The Morgan fingerprint density at radius 1 is 1.35 bits per heavy atom. The van der Waals surface area contributed by atoms with Crippen molar-refractivity contribution in [1.29, 1.82) is 0 Å². The Kier molecular flexibility index (Phi) is 4.53. The first-order valence-corrected chi connectivity index (χ1v) is 6.85. The van der Waals surface area contributed by atoms with Gasteiger partial charge in [-0.2, -0.15) is 0 Å². The zero-order chi connectivity index (χ0) is 12.1. The Bertz CT molecular complexity index is 345. The highest BCUT2D eigenvalue weighted by atomic mass is 32.1. The summed E-state index contributed by atoms with van der Waals surface area (Å²) in [5, 5.41) is 10.7. The predicted octanol–water partition coefficient (Wildman–Crippen LogP) is 0.888. The summed E-state index contributed by atoms with van der Waals surface area (Å²) < 4.78 is 0. The number of piperazine rings is 1. The molecular formula is C12H18N2O2S. The second-order valence-corrected chi connectivity index (χ2v) is 5.14. The van der Waals surface area contributed by atoms with Crippen molar-refractivity contribution in [2.45, 2.75) is 6.42 Å². The summed E-state index contributed by atoms with van der Waals surface area (Å²) in [5.41, 5.74) is 0. The molecule has 0 radical (unpaired) electrons. The highest BCUT2D eigenvalue weighted by Crippen LogP contribution is 2.13. The lowest BCUT2D eigenvalue weighted by molar-refractivity contribution is 0.0634. The van der Waals surface area contributed by atoms with E-state index in [1.165, 1.54) is 11.3 Å². The van der Waals surface area contributed by atoms with Gasteiger partial charge in [-0.25, -0.2) is 0 Å². The molecule has 5 heteroatoms. The van der Waals surface area contributed by atoms with Gasteiger partial charge in [0.15, 0.2) is 0 Å². The number of thiophene rings is 1. The number of hydrogen-bond donors (Lipinski definition) is 1. The molecule has 0 atom stereocenters. The maximum atomic E-state index is 12.1. The summed E-state index contributed by atoms with van der Waals surface area (Å²) in [6, 6.07) is 3.79. The summed E-state index contributed by atoms with van der Waals surface area (Å²) in [7, 11) is 0. The normalized spacial score (nSPS) is 17.4. The van der Waals surface area contributed by atoms with Gasteiger partial charge in [0.05, 0.1) is 4.88 Å². The molecular weight excluding hydrogens is 236 g/mol. The molecule has 0 spiro atoms.